The van der Waals surface area contributed by atoms with E-state index in [0.717, 1.165) is 25.9 Å². The van der Waals surface area contributed by atoms with Gasteiger partial charge in [0.1, 0.15) is 5.82 Å². The van der Waals surface area contributed by atoms with Gasteiger partial charge in [0.2, 0.25) is 0 Å². The quantitative estimate of drug-likeness (QED) is 0.851. The number of aromatic nitrogens is 2. The molecule has 1 unspecified atom stereocenters. The van der Waals surface area contributed by atoms with Crippen molar-refractivity contribution in [3.05, 3.63) is 17.2 Å². The number of nitrogens with one attached hydrogen (secondary N) is 2. The van der Waals surface area contributed by atoms with Crippen molar-refractivity contribution in [2.45, 2.75) is 51.6 Å². The monoisotopic (exact) mass is 248 g/mol. The maximum absolute atomic E-state index is 4.79. The van der Waals surface area contributed by atoms with E-state index in [0.29, 0.717) is 6.04 Å². The lowest BCUT2D eigenvalue weighted by molar-refractivity contribution is 0.154. The van der Waals surface area contributed by atoms with Crippen LogP contribution in [0.1, 0.15) is 43.4 Å². The van der Waals surface area contributed by atoms with Crippen molar-refractivity contribution in [1.29, 1.82) is 0 Å². The Bertz CT molecular complexity index is 375. The second kappa shape index (κ2) is 5.41. The van der Waals surface area contributed by atoms with Gasteiger partial charge in [-0.25, -0.2) is 4.98 Å². The van der Waals surface area contributed by atoms with Gasteiger partial charge in [-0.15, -0.1) is 0 Å². The first-order valence-corrected chi connectivity index (χ1v) is 7.38. The van der Waals surface area contributed by atoms with Crippen LogP contribution in [0.2, 0.25) is 0 Å². The number of rotatable bonds is 3. The van der Waals surface area contributed by atoms with Gasteiger partial charge in [0.15, 0.2) is 0 Å². The van der Waals surface area contributed by atoms with Crippen LogP contribution >= 0.6 is 0 Å². The number of piperidine rings is 1. The van der Waals surface area contributed by atoms with E-state index in [9.17, 15) is 0 Å². The minimum Gasteiger partial charge on any atom is -0.345 e. The minimum absolute atomic E-state index is 0.698. The molecule has 2 N–H and O–H groups in total. The van der Waals surface area contributed by atoms with Crippen molar-refractivity contribution in [1.82, 2.24) is 20.2 Å². The smallest absolute Gasteiger partial charge is 0.108 e. The van der Waals surface area contributed by atoms with Crippen LogP contribution in [0.5, 0.6) is 0 Å². The predicted molar refractivity (Wildman–Crippen MR) is 72.6 cm³/mol. The zero-order chi connectivity index (χ0) is 12.4. The molecule has 1 aromatic heterocycles. The van der Waals surface area contributed by atoms with Gasteiger partial charge >= 0.3 is 0 Å². The van der Waals surface area contributed by atoms with Gasteiger partial charge < -0.3 is 15.2 Å². The van der Waals surface area contributed by atoms with E-state index < -0.39 is 0 Å². The van der Waals surface area contributed by atoms with Gasteiger partial charge in [-0.05, 0) is 25.9 Å². The Morgan fingerprint density at radius 2 is 2.33 bits per heavy atom. The number of likely N-dealkylation sites (tertiary alicyclic amines) is 1. The Kier molecular flexibility index (Phi) is 3.66. The molecule has 0 spiro atoms. The Hall–Kier alpha value is -0.870. The average molecular weight is 248 g/mol. The highest BCUT2D eigenvalue weighted by Gasteiger charge is 2.23. The molecule has 0 aliphatic carbocycles. The average Bonchev–Trinajstić information content (AvgIpc) is 2.81. The number of imidazole rings is 1. The van der Waals surface area contributed by atoms with Crippen molar-refractivity contribution in [2.75, 3.05) is 19.6 Å². The number of H-pyrrole nitrogens is 1. The first kappa shape index (κ1) is 12.2. The van der Waals surface area contributed by atoms with Crippen LogP contribution in [0.15, 0.2) is 0 Å². The lowest BCUT2D eigenvalue weighted by Crippen LogP contribution is -2.40. The molecule has 0 aromatic carbocycles. The lowest BCUT2D eigenvalue weighted by Gasteiger charge is -2.34. The molecule has 0 bridgehead atoms. The summed E-state index contributed by atoms with van der Waals surface area (Å²) in [5.74, 6) is 1.20. The molecule has 3 rings (SSSR count). The maximum Gasteiger partial charge on any atom is 0.108 e. The third-order valence-electron chi connectivity index (χ3n) is 4.34. The summed E-state index contributed by atoms with van der Waals surface area (Å²) in [4.78, 5) is 10.9. The van der Waals surface area contributed by atoms with E-state index in [1.165, 1.54) is 49.6 Å². The molecule has 3 heterocycles. The van der Waals surface area contributed by atoms with Crippen LogP contribution in [-0.4, -0.2) is 40.5 Å². The van der Waals surface area contributed by atoms with E-state index in [1.54, 1.807) is 0 Å². The highest BCUT2D eigenvalue weighted by molar-refractivity contribution is 5.18. The SMILES string of the molecule is CCN1CCCCC1Cc1nc2c([nH]1)CNCC2. The third-order valence-corrected chi connectivity index (χ3v) is 4.34. The topological polar surface area (TPSA) is 44.0 Å². The first-order valence-electron chi connectivity index (χ1n) is 7.38. The largest absolute Gasteiger partial charge is 0.345 e. The van der Waals surface area contributed by atoms with Crippen LogP contribution in [0, 0.1) is 0 Å². The summed E-state index contributed by atoms with van der Waals surface area (Å²) >= 11 is 0. The fourth-order valence-corrected chi connectivity index (χ4v) is 3.31. The summed E-state index contributed by atoms with van der Waals surface area (Å²) in [5.41, 5.74) is 2.61. The fourth-order valence-electron chi connectivity index (χ4n) is 3.31. The van der Waals surface area contributed by atoms with E-state index in [1.807, 2.05) is 0 Å². The zero-order valence-electron chi connectivity index (χ0n) is 11.3. The van der Waals surface area contributed by atoms with Gasteiger partial charge in [0.25, 0.3) is 0 Å². The Labute approximate surface area is 109 Å². The summed E-state index contributed by atoms with van der Waals surface area (Å²) in [5, 5.41) is 3.40. The Morgan fingerprint density at radius 1 is 1.39 bits per heavy atom. The molecular formula is C14H24N4. The summed E-state index contributed by atoms with van der Waals surface area (Å²) in [7, 11) is 0. The van der Waals surface area contributed by atoms with Gasteiger partial charge in [-0.3, -0.25) is 0 Å². The van der Waals surface area contributed by atoms with Gasteiger partial charge in [-0.2, -0.15) is 0 Å². The summed E-state index contributed by atoms with van der Waals surface area (Å²) in [6.45, 7) is 6.75. The minimum atomic E-state index is 0.698. The third kappa shape index (κ3) is 2.45. The molecule has 1 fully saturated rings. The van der Waals surface area contributed by atoms with Crippen molar-refractivity contribution in [3.8, 4) is 0 Å². The molecule has 1 aromatic rings. The molecule has 4 heteroatoms. The molecule has 4 nitrogen and oxygen atoms in total. The zero-order valence-corrected chi connectivity index (χ0v) is 11.3. The fraction of sp³-hybridized carbons (Fsp3) is 0.786. The highest BCUT2D eigenvalue weighted by Crippen LogP contribution is 2.20. The molecule has 100 valence electrons. The molecule has 1 atom stereocenters. The number of likely N-dealkylation sites (N-methyl/N-ethyl adjacent to an activating group) is 1. The van der Waals surface area contributed by atoms with Crippen LogP contribution < -0.4 is 5.32 Å². The van der Waals surface area contributed by atoms with Gasteiger partial charge in [-0.1, -0.05) is 13.3 Å². The van der Waals surface area contributed by atoms with Crippen molar-refractivity contribution >= 4 is 0 Å². The molecular weight excluding hydrogens is 224 g/mol. The summed E-state index contributed by atoms with van der Waals surface area (Å²) < 4.78 is 0. The van der Waals surface area contributed by atoms with E-state index in [2.05, 4.69) is 22.1 Å². The molecule has 0 saturated carbocycles. The van der Waals surface area contributed by atoms with Gasteiger partial charge in [0, 0.05) is 32.0 Å². The summed E-state index contributed by atoms with van der Waals surface area (Å²) in [6.07, 6.45) is 6.25. The standard InChI is InChI=1S/C14H24N4/c1-2-18-8-4-3-5-11(18)9-14-16-12-6-7-15-10-13(12)17-14/h11,15H,2-10H2,1H3,(H,16,17). The van der Waals surface area contributed by atoms with E-state index in [4.69, 9.17) is 4.98 Å². The Morgan fingerprint density at radius 3 is 3.17 bits per heavy atom. The maximum atomic E-state index is 4.79. The Balaban J connectivity index is 1.69. The number of aromatic amines is 1. The van der Waals surface area contributed by atoms with Crippen molar-refractivity contribution in [3.63, 3.8) is 0 Å². The number of hydrogen-bond donors (Lipinski definition) is 2. The summed E-state index contributed by atoms with van der Waals surface area (Å²) in [6, 6.07) is 0.698. The van der Waals surface area contributed by atoms with Gasteiger partial charge in [0.05, 0.1) is 11.4 Å². The molecule has 0 amide bonds. The number of fused-ring (bicyclic) bond motifs is 1. The number of nitrogens with zero attached hydrogens (tertiary/aromatic N) is 2. The first-order chi connectivity index (χ1) is 8.86. The molecule has 18 heavy (non-hydrogen) atoms. The molecule has 0 radical (unpaired) electrons. The molecule has 2 aliphatic rings. The lowest BCUT2D eigenvalue weighted by atomic mass is 9.99. The predicted octanol–water partition coefficient (Wildman–Crippen LogP) is 1.47. The van der Waals surface area contributed by atoms with Crippen LogP contribution in [0.3, 0.4) is 0 Å². The van der Waals surface area contributed by atoms with Crippen LogP contribution in [0.25, 0.3) is 0 Å². The normalized spacial score (nSPS) is 25.1. The second-order valence-corrected chi connectivity index (χ2v) is 5.52. The van der Waals surface area contributed by atoms with Crippen molar-refractivity contribution < 1.29 is 0 Å². The van der Waals surface area contributed by atoms with Crippen molar-refractivity contribution in [2.24, 2.45) is 0 Å². The van der Waals surface area contributed by atoms with Crippen LogP contribution in [0.4, 0.5) is 0 Å². The second-order valence-electron chi connectivity index (χ2n) is 5.52. The molecule has 1 saturated heterocycles. The van der Waals surface area contributed by atoms with Crippen LogP contribution in [-0.2, 0) is 19.4 Å². The highest BCUT2D eigenvalue weighted by atomic mass is 15.2. The molecule has 2 aliphatic heterocycles. The number of hydrogen-bond acceptors (Lipinski definition) is 3. The van der Waals surface area contributed by atoms with E-state index >= 15 is 0 Å². The van der Waals surface area contributed by atoms with E-state index in [-0.39, 0.29) is 0 Å².